The lowest BCUT2D eigenvalue weighted by molar-refractivity contribution is -0.199. The molecule has 0 radical (unpaired) electrons. The fourth-order valence-corrected chi connectivity index (χ4v) is 3.72. The van der Waals surface area contributed by atoms with Crippen LogP contribution in [-0.4, -0.2) is 58.1 Å². The average Bonchev–Trinajstić information content (AvgIpc) is 2.87. The van der Waals surface area contributed by atoms with Crippen molar-refractivity contribution >= 4 is 34.5 Å². The Hall–Kier alpha value is -0.450. The van der Waals surface area contributed by atoms with E-state index < -0.39 is 18.0 Å². The van der Waals surface area contributed by atoms with Crippen molar-refractivity contribution in [2.45, 2.75) is 51.1 Å². The third-order valence-corrected chi connectivity index (χ3v) is 4.86. The van der Waals surface area contributed by atoms with Crippen molar-refractivity contribution < 1.29 is 23.8 Å². The van der Waals surface area contributed by atoms with E-state index in [0.717, 1.165) is 4.43 Å². The molecule has 0 aliphatic carbocycles. The third kappa shape index (κ3) is 2.66. The first-order valence-electron chi connectivity index (χ1n) is 7.01. The van der Waals surface area contributed by atoms with Gasteiger partial charge in [0.15, 0.2) is 12.0 Å². The zero-order valence-corrected chi connectivity index (χ0v) is 14.3. The van der Waals surface area contributed by atoms with Gasteiger partial charge in [-0.3, -0.25) is 15.0 Å². The van der Waals surface area contributed by atoms with Gasteiger partial charge in [-0.15, -0.1) is 0 Å². The zero-order valence-electron chi connectivity index (χ0n) is 12.2. The number of fused-ring (bicyclic) bond motifs is 1. The van der Waals surface area contributed by atoms with E-state index in [9.17, 15) is 9.59 Å². The maximum absolute atomic E-state index is 12.1. The third-order valence-electron chi connectivity index (χ3n) is 3.99. The summed E-state index contributed by atoms with van der Waals surface area (Å²) in [6.07, 6.45) is -1.16. The number of alkyl halides is 1. The quantitative estimate of drug-likeness (QED) is 0.540. The normalized spacial score (nSPS) is 42.1. The number of nitrogens with one attached hydrogen (secondary N) is 1. The Morgan fingerprint density at radius 2 is 2.00 bits per heavy atom. The van der Waals surface area contributed by atoms with E-state index in [2.05, 4.69) is 27.9 Å². The molecule has 3 aliphatic heterocycles. The van der Waals surface area contributed by atoms with Crippen LogP contribution < -0.4 is 5.32 Å². The van der Waals surface area contributed by atoms with Crippen LogP contribution in [0.25, 0.3) is 0 Å². The summed E-state index contributed by atoms with van der Waals surface area (Å²) < 4.78 is 18.5. The fourth-order valence-electron chi connectivity index (χ4n) is 3.01. The molecule has 1 N–H and O–H groups in total. The van der Waals surface area contributed by atoms with Gasteiger partial charge in [0.25, 0.3) is 0 Å². The van der Waals surface area contributed by atoms with Crippen molar-refractivity contribution in [1.29, 1.82) is 0 Å². The first-order chi connectivity index (χ1) is 9.82. The number of hydrogen-bond acceptors (Lipinski definition) is 5. The molecule has 118 valence electrons. The predicted octanol–water partition coefficient (Wildman–Crippen LogP) is 0.854. The zero-order chi connectivity index (χ0) is 15.4. The molecule has 3 fully saturated rings. The number of nitrogens with zero attached hydrogens (tertiary/aromatic N) is 1. The first-order valence-corrected chi connectivity index (χ1v) is 8.53. The van der Waals surface area contributed by atoms with E-state index in [4.69, 9.17) is 14.2 Å². The minimum absolute atomic E-state index is 0.122. The number of carbonyl (C=O) groups is 2. The van der Waals surface area contributed by atoms with Crippen LogP contribution in [0.5, 0.6) is 0 Å². The van der Waals surface area contributed by atoms with Crippen molar-refractivity contribution in [2.75, 3.05) is 11.0 Å². The second kappa shape index (κ2) is 5.32. The SMILES string of the molecule is C[C@@H]1CN([C@@H]2O[C@H](CI)[C@H]3OC(C)(C)O[C@H]32)C(=O)NC1=O. The van der Waals surface area contributed by atoms with Gasteiger partial charge in [-0.25, -0.2) is 4.79 Å². The number of imide groups is 1. The van der Waals surface area contributed by atoms with Crippen LogP contribution in [0.15, 0.2) is 0 Å². The Balaban J connectivity index is 1.82. The molecule has 7 nitrogen and oxygen atoms in total. The summed E-state index contributed by atoms with van der Waals surface area (Å²) in [5.41, 5.74) is 0. The highest BCUT2D eigenvalue weighted by atomic mass is 127. The number of hydrogen-bond donors (Lipinski definition) is 1. The Labute approximate surface area is 136 Å². The largest absolute Gasteiger partial charge is 0.348 e. The molecule has 3 aliphatic rings. The molecule has 3 heterocycles. The van der Waals surface area contributed by atoms with E-state index in [1.807, 2.05) is 13.8 Å². The number of urea groups is 1. The molecule has 0 bridgehead atoms. The summed E-state index contributed by atoms with van der Waals surface area (Å²) in [6, 6.07) is -0.427. The van der Waals surface area contributed by atoms with E-state index >= 15 is 0 Å². The van der Waals surface area contributed by atoms with E-state index in [0.29, 0.717) is 6.54 Å². The summed E-state index contributed by atoms with van der Waals surface area (Å²) in [7, 11) is 0. The molecule has 21 heavy (non-hydrogen) atoms. The van der Waals surface area contributed by atoms with Crippen LogP contribution >= 0.6 is 22.6 Å². The van der Waals surface area contributed by atoms with E-state index in [-0.39, 0.29) is 30.1 Å². The molecule has 3 saturated heterocycles. The fraction of sp³-hybridized carbons (Fsp3) is 0.846. The molecule has 8 heteroatoms. The van der Waals surface area contributed by atoms with Gasteiger partial charge in [0.2, 0.25) is 5.91 Å². The lowest BCUT2D eigenvalue weighted by Crippen LogP contribution is -2.59. The van der Waals surface area contributed by atoms with Crippen LogP contribution in [-0.2, 0) is 19.0 Å². The predicted molar refractivity (Wildman–Crippen MR) is 80.8 cm³/mol. The van der Waals surface area contributed by atoms with E-state index in [1.165, 1.54) is 0 Å². The standard InChI is InChI=1S/C13H19IN2O5/c1-6-5-16(12(18)15-10(6)17)11-9-8(7(4-14)19-11)20-13(2,3)21-9/h6-9,11H,4-5H2,1-3H3,(H,15,17,18)/t6-,7-,8-,9-,11-/m1/s1. The maximum atomic E-state index is 12.1. The highest BCUT2D eigenvalue weighted by Crippen LogP contribution is 2.40. The molecule has 0 saturated carbocycles. The minimum atomic E-state index is -0.685. The summed E-state index contributed by atoms with van der Waals surface area (Å²) in [6.45, 7) is 5.83. The topological polar surface area (TPSA) is 77.1 Å². The summed E-state index contributed by atoms with van der Waals surface area (Å²) in [5, 5.41) is 2.36. The number of rotatable bonds is 2. The average molecular weight is 410 g/mol. The number of carbonyl (C=O) groups excluding carboxylic acids is 2. The smallest absolute Gasteiger partial charge is 0.326 e. The van der Waals surface area contributed by atoms with Gasteiger partial charge < -0.3 is 14.2 Å². The van der Waals surface area contributed by atoms with Crippen LogP contribution in [0.2, 0.25) is 0 Å². The lowest BCUT2D eigenvalue weighted by Gasteiger charge is -2.36. The van der Waals surface area contributed by atoms with Crippen molar-refractivity contribution in [3.8, 4) is 0 Å². The molecule has 0 unspecified atom stereocenters. The van der Waals surface area contributed by atoms with Crippen LogP contribution in [0, 0.1) is 5.92 Å². The van der Waals surface area contributed by atoms with Gasteiger partial charge in [0.1, 0.15) is 12.2 Å². The Morgan fingerprint density at radius 3 is 2.67 bits per heavy atom. The van der Waals surface area contributed by atoms with Crippen molar-refractivity contribution in [3.63, 3.8) is 0 Å². The highest BCUT2D eigenvalue weighted by Gasteiger charge is 2.57. The Kier molecular flexibility index (Phi) is 3.92. The van der Waals surface area contributed by atoms with Crippen LogP contribution in [0.3, 0.4) is 0 Å². The Morgan fingerprint density at radius 1 is 1.33 bits per heavy atom. The van der Waals surface area contributed by atoms with Crippen molar-refractivity contribution in [3.05, 3.63) is 0 Å². The van der Waals surface area contributed by atoms with Gasteiger partial charge in [0, 0.05) is 11.0 Å². The van der Waals surface area contributed by atoms with Crippen LogP contribution in [0.1, 0.15) is 20.8 Å². The van der Waals surface area contributed by atoms with Crippen LogP contribution in [0.4, 0.5) is 4.79 Å². The van der Waals surface area contributed by atoms with E-state index in [1.54, 1.807) is 11.8 Å². The number of halogens is 1. The molecule has 0 spiro atoms. The summed E-state index contributed by atoms with van der Waals surface area (Å²) in [4.78, 5) is 25.2. The molecular weight excluding hydrogens is 391 g/mol. The number of ether oxygens (including phenoxy) is 3. The molecule has 3 rings (SSSR count). The summed E-state index contributed by atoms with van der Waals surface area (Å²) >= 11 is 2.24. The number of amides is 3. The minimum Gasteiger partial charge on any atom is -0.348 e. The molecular formula is C13H19IN2O5. The van der Waals surface area contributed by atoms with Gasteiger partial charge in [-0.1, -0.05) is 29.5 Å². The molecule has 3 amide bonds. The Bertz CT molecular complexity index is 471. The molecule has 0 aromatic carbocycles. The molecule has 0 aromatic rings. The van der Waals surface area contributed by atoms with Gasteiger partial charge >= 0.3 is 6.03 Å². The lowest BCUT2D eigenvalue weighted by atomic mass is 10.1. The first kappa shape index (κ1) is 15.4. The second-order valence-electron chi connectivity index (χ2n) is 6.13. The molecule has 0 aromatic heterocycles. The van der Waals surface area contributed by atoms with Gasteiger partial charge in [-0.05, 0) is 13.8 Å². The van der Waals surface area contributed by atoms with Gasteiger partial charge in [0.05, 0.1) is 12.0 Å². The van der Waals surface area contributed by atoms with Crippen molar-refractivity contribution in [2.24, 2.45) is 5.92 Å². The summed E-state index contributed by atoms with van der Waals surface area (Å²) in [5.74, 6) is -1.20. The molecule has 5 atom stereocenters. The monoisotopic (exact) mass is 410 g/mol. The maximum Gasteiger partial charge on any atom is 0.326 e. The highest BCUT2D eigenvalue weighted by molar-refractivity contribution is 14.1. The van der Waals surface area contributed by atoms with Gasteiger partial charge in [-0.2, -0.15) is 0 Å². The van der Waals surface area contributed by atoms with Crippen molar-refractivity contribution in [1.82, 2.24) is 10.2 Å². The second-order valence-corrected chi connectivity index (χ2v) is 7.01.